The predicted octanol–water partition coefficient (Wildman–Crippen LogP) is 3.10. The first-order chi connectivity index (χ1) is 11.5. The quantitative estimate of drug-likeness (QED) is 0.825. The molecule has 5 nitrogen and oxygen atoms in total. The van der Waals surface area contributed by atoms with Crippen molar-refractivity contribution in [2.45, 2.75) is 18.5 Å². The van der Waals surface area contributed by atoms with Gasteiger partial charge in [-0.3, -0.25) is 9.59 Å². The third-order valence-electron chi connectivity index (χ3n) is 4.18. The molecule has 0 spiro atoms. The van der Waals surface area contributed by atoms with Crippen LogP contribution in [-0.4, -0.2) is 34.8 Å². The number of aromatic amines is 1. The summed E-state index contributed by atoms with van der Waals surface area (Å²) in [7, 11) is 1.74. The average molecular weight is 362 g/mol. The molecule has 24 heavy (non-hydrogen) atoms. The number of rotatable bonds is 3. The van der Waals surface area contributed by atoms with Crippen LogP contribution in [0.25, 0.3) is 0 Å². The van der Waals surface area contributed by atoms with E-state index in [1.807, 2.05) is 12.1 Å². The number of nitrogens with one attached hydrogen (secondary N) is 2. The van der Waals surface area contributed by atoms with Gasteiger partial charge in [-0.2, -0.15) is 0 Å². The van der Waals surface area contributed by atoms with Gasteiger partial charge in [-0.1, -0.05) is 36.0 Å². The maximum Gasteiger partial charge on any atom is 0.254 e. The number of carbonyl (C=O) groups excluding carboxylic acids is 2. The number of halogens is 1. The maximum absolute atomic E-state index is 12.5. The lowest BCUT2D eigenvalue weighted by Crippen LogP contribution is -2.39. The van der Waals surface area contributed by atoms with Gasteiger partial charge in [0.05, 0.1) is 17.6 Å². The number of nitrogens with zero attached hydrogens (tertiary/aromatic N) is 1. The fourth-order valence-corrected chi connectivity index (χ4v) is 3.32. The highest BCUT2D eigenvalue weighted by Crippen LogP contribution is 2.32. The summed E-state index contributed by atoms with van der Waals surface area (Å²) in [4.78, 5) is 29.1. The monoisotopic (exact) mass is 361 g/mol. The van der Waals surface area contributed by atoms with Gasteiger partial charge < -0.3 is 15.2 Å². The van der Waals surface area contributed by atoms with E-state index < -0.39 is 0 Å². The molecule has 2 aromatic rings. The predicted molar refractivity (Wildman–Crippen MR) is 94.5 cm³/mol. The Morgan fingerprint density at radius 3 is 2.71 bits per heavy atom. The molecule has 1 aromatic heterocycles. The van der Waals surface area contributed by atoms with E-state index in [9.17, 15) is 9.59 Å². The lowest BCUT2D eigenvalue weighted by molar-refractivity contribution is -0.127. The first kappa shape index (κ1) is 16.7. The van der Waals surface area contributed by atoms with Gasteiger partial charge in [-0.15, -0.1) is 0 Å². The van der Waals surface area contributed by atoms with E-state index in [1.165, 1.54) is 0 Å². The zero-order valence-electron chi connectivity index (χ0n) is 13.0. The highest BCUT2D eigenvalue weighted by molar-refractivity contribution is 7.71. The van der Waals surface area contributed by atoms with Crippen molar-refractivity contribution >= 4 is 35.6 Å². The number of benzene rings is 1. The topological polar surface area (TPSA) is 65.2 Å². The Balaban J connectivity index is 1.87. The van der Waals surface area contributed by atoms with Crippen LogP contribution in [-0.2, 0) is 4.79 Å². The van der Waals surface area contributed by atoms with Crippen LogP contribution in [0.15, 0.2) is 42.6 Å². The minimum absolute atomic E-state index is 0.0153. The molecule has 0 radical (unpaired) electrons. The van der Waals surface area contributed by atoms with Crippen molar-refractivity contribution in [1.82, 2.24) is 15.2 Å². The standard InChI is InChI=1S/C17H16ClN3O2S/c1-21-14(22)9-13(15(21)10-4-6-11(18)7-5-10)20-16(23)12-3-2-8-19-17(12)24/h2-8,13,15H,9H2,1H3,(H,19,24)(H,20,23)/t13-,15-/m0/s1. The van der Waals surface area contributed by atoms with Crippen molar-refractivity contribution in [2.24, 2.45) is 0 Å². The molecular formula is C17H16ClN3O2S. The number of H-pyrrole nitrogens is 1. The molecule has 2 amide bonds. The van der Waals surface area contributed by atoms with E-state index in [0.29, 0.717) is 15.2 Å². The largest absolute Gasteiger partial charge is 0.352 e. The molecule has 0 aliphatic carbocycles. The number of aromatic nitrogens is 1. The van der Waals surface area contributed by atoms with Crippen LogP contribution in [0, 0.1) is 4.64 Å². The number of hydrogen-bond donors (Lipinski definition) is 2. The van der Waals surface area contributed by atoms with Gasteiger partial charge in [-0.05, 0) is 29.8 Å². The van der Waals surface area contributed by atoms with Crippen LogP contribution in [0.1, 0.15) is 28.4 Å². The van der Waals surface area contributed by atoms with Crippen LogP contribution >= 0.6 is 23.8 Å². The zero-order chi connectivity index (χ0) is 17.3. The Morgan fingerprint density at radius 1 is 1.33 bits per heavy atom. The number of pyridine rings is 1. The van der Waals surface area contributed by atoms with E-state index in [-0.39, 0.29) is 30.3 Å². The van der Waals surface area contributed by atoms with E-state index in [1.54, 1.807) is 42.4 Å². The smallest absolute Gasteiger partial charge is 0.254 e. The Labute approximate surface area is 149 Å². The van der Waals surface area contributed by atoms with Crippen LogP contribution < -0.4 is 5.32 Å². The number of hydrogen-bond acceptors (Lipinski definition) is 3. The second-order valence-corrected chi connectivity index (χ2v) is 6.54. The minimum Gasteiger partial charge on any atom is -0.352 e. The van der Waals surface area contributed by atoms with Gasteiger partial charge in [0.25, 0.3) is 5.91 Å². The van der Waals surface area contributed by atoms with Crippen molar-refractivity contribution in [3.8, 4) is 0 Å². The molecule has 1 saturated heterocycles. The van der Waals surface area contributed by atoms with Gasteiger partial charge in [-0.25, -0.2) is 0 Å². The first-order valence-electron chi connectivity index (χ1n) is 7.47. The van der Waals surface area contributed by atoms with Crippen molar-refractivity contribution in [1.29, 1.82) is 0 Å². The second kappa shape index (κ2) is 6.75. The van der Waals surface area contributed by atoms with E-state index >= 15 is 0 Å². The molecule has 0 unspecified atom stereocenters. The Morgan fingerprint density at radius 2 is 2.04 bits per heavy atom. The lowest BCUT2D eigenvalue weighted by atomic mass is 10.00. The summed E-state index contributed by atoms with van der Waals surface area (Å²) in [6, 6.07) is 10.1. The summed E-state index contributed by atoms with van der Waals surface area (Å²) in [5.41, 5.74) is 1.32. The number of carbonyl (C=O) groups is 2. The molecule has 3 rings (SSSR count). The van der Waals surface area contributed by atoms with Gasteiger partial charge in [0, 0.05) is 24.7 Å². The van der Waals surface area contributed by atoms with Gasteiger partial charge in [0.2, 0.25) is 5.91 Å². The molecule has 2 N–H and O–H groups in total. The maximum atomic E-state index is 12.5. The molecule has 1 fully saturated rings. The molecule has 0 bridgehead atoms. The van der Waals surface area contributed by atoms with Gasteiger partial charge >= 0.3 is 0 Å². The third kappa shape index (κ3) is 3.20. The summed E-state index contributed by atoms with van der Waals surface area (Å²) in [5, 5.41) is 3.57. The van der Waals surface area contributed by atoms with Crippen molar-refractivity contribution < 1.29 is 9.59 Å². The molecule has 2 atom stereocenters. The summed E-state index contributed by atoms with van der Waals surface area (Å²) in [5.74, 6) is -0.303. The summed E-state index contributed by atoms with van der Waals surface area (Å²) >= 11 is 11.1. The molecule has 2 heterocycles. The third-order valence-corrected chi connectivity index (χ3v) is 4.77. The highest BCUT2D eigenvalue weighted by atomic mass is 35.5. The van der Waals surface area contributed by atoms with Gasteiger partial charge in [0.1, 0.15) is 4.64 Å². The van der Waals surface area contributed by atoms with Crippen LogP contribution in [0.4, 0.5) is 0 Å². The fraction of sp³-hybridized carbons (Fsp3) is 0.235. The summed E-state index contributed by atoms with van der Waals surface area (Å²) in [6.07, 6.45) is 1.92. The lowest BCUT2D eigenvalue weighted by Gasteiger charge is -2.26. The van der Waals surface area contributed by atoms with Gasteiger partial charge in [0.15, 0.2) is 0 Å². The number of likely N-dealkylation sites (N-methyl/N-ethyl adjacent to an activating group) is 1. The Kier molecular flexibility index (Phi) is 4.69. The van der Waals surface area contributed by atoms with E-state index in [4.69, 9.17) is 23.8 Å². The SMILES string of the molecule is CN1C(=O)C[C@H](NC(=O)c2ccc[nH]c2=S)[C@@H]1c1ccc(Cl)cc1. The van der Waals surface area contributed by atoms with E-state index in [0.717, 1.165) is 5.56 Å². The number of amides is 2. The van der Waals surface area contributed by atoms with Crippen LogP contribution in [0.5, 0.6) is 0 Å². The Hall–Kier alpha value is -2.18. The zero-order valence-corrected chi connectivity index (χ0v) is 14.5. The average Bonchev–Trinajstić information content (AvgIpc) is 2.83. The van der Waals surface area contributed by atoms with Crippen molar-refractivity contribution in [3.63, 3.8) is 0 Å². The normalized spacial score (nSPS) is 20.2. The molecule has 1 aromatic carbocycles. The van der Waals surface area contributed by atoms with Crippen molar-refractivity contribution in [3.05, 3.63) is 63.4 Å². The number of likely N-dealkylation sites (tertiary alicyclic amines) is 1. The highest BCUT2D eigenvalue weighted by Gasteiger charge is 2.39. The molecule has 1 aliphatic rings. The molecule has 7 heteroatoms. The molecular weight excluding hydrogens is 346 g/mol. The molecule has 0 saturated carbocycles. The van der Waals surface area contributed by atoms with E-state index in [2.05, 4.69) is 10.3 Å². The van der Waals surface area contributed by atoms with Crippen LogP contribution in [0.2, 0.25) is 5.02 Å². The first-order valence-corrected chi connectivity index (χ1v) is 8.25. The fourth-order valence-electron chi connectivity index (χ4n) is 2.96. The summed E-state index contributed by atoms with van der Waals surface area (Å²) in [6.45, 7) is 0. The minimum atomic E-state index is -0.328. The molecule has 1 aliphatic heterocycles. The summed E-state index contributed by atoms with van der Waals surface area (Å²) < 4.78 is 0.371. The molecule has 124 valence electrons. The Bertz CT molecular complexity index is 834. The second-order valence-electron chi connectivity index (χ2n) is 5.70. The van der Waals surface area contributed by atoms with Crippen molar-refractivity contribution in [2.75, 3.05) is 7.05 Å². The van der Waals surface area contributed by atoms with Crippen LogP contribution in [0.3, 0.4) is 0 Å².